The van der Waals surface area contributed by atoms with Crippen molar-refractivity contribution in [2.75, 3.05) is 38.2 Å². The third-order valence-electron chi connectivity index (χ3n) is 4.54. The first kappa shape index (κ1) is 19.6. The molecule has 0 radical (unpaired) electrons. The van der Waals surface area contributed by atoms with Crippen molar-refractivity contribution in [2.24, 2.45) is 0 Å². The number of nitrogens with one attached hydrogen (secondary N) is 3. The number of morpholine rings is 1. The number of hydrogen-bond donors (Lipinski definition) is 3. The van der Waals surface area contributed by atoms with Crippen molar-refractivity contribution < 1.29 is 14.4 Å². The van der Waals surface area contributed by atoms with Gasteiger partial charge in [0.2, 0.25) is 0 Å². The lowest BCUT2D eigenvalue weighted by Crippen LogP contribution is -3.13. The molecule has 6 heteroatoms. The van der Waals surface area contributed by atoms with Crippen molar-refractivity contribution in [2.45, 2.75) is 19.6 Å². The molecule has 1 unspecified atom stereocenters. The summed E-state index contributed by atoms with van der Waals surface area (Å²) in [4.78, 5) is 1.55. The molecule has 1 fully saturated rings. The third kappa shape index (κ3) is 6.50. The Kier molecular flexibility index (Phi) is 7.45. The van der Waals surface area contributed by atoms with Crippen molar-refractivity contribution in [3.63, 3.8) is 0 Å². The molecule has 2 aromatic rings. The molecule has 144 valence electrons. The van der Waals surface area contributed by atoms with Gasteiger partial charge in [-0.1, -0.05) is 30.3 Å². The summed E-state index contributed by atoms with van der Waals surface area (Å²) in [7, 11) is 0. The molecule has 2 atom stereocenters. The van der Waals surface area contributed by atoms with Crippen LogP contribution in [-0.4, -0.2) is 44.1 Å². The van der Waals surface area contributed by atoms with E-state index < -0.39 is 0 Å². The third-order valence-corrected chi connectivity index (χ3v) is 4.78. The molecule has 1 aliphatic heterocycles. The molecule has 0 aromatic heterocycles. The molecule has 2 aromatic carbocycles. The minimum Gasteiger partial charge on any atom is -0.494 e. The van der Waals surface area contributed by atoms with E-state index in [1.54, 1.807) is 4.90 Å². The molecule has 0 aliphatic carbocycles. The number of thiocarbonyl (C=S) groups is 1. The Balaban J connectivity index is 1.41. The number of benzene rings is 2. The van der Waals surface area contributed by atoms with E-state index in [4.69, 9.17) is 21.7 Å². The highest BCUT2D eigenvalue weighted by molar-refractivity contribution is 7.80. The van der Waals surface area contributed by atoms with Gasteiger partial charge in [0.25, 0.3) is 0 Å². The SMILES string of the molecule is CCOc1ccc(NC(=S)NC[C@H]2C[NH+](Cc3ccccc3)CCO2)cc1. The Labute approximate surface area is 166 Å². The van der Waals surface area contributed by atoms with Gasteiger partial charge in [0.15, 0.2) is 5.11 Å². The highest BCUT2D eigenvalue weighted by Gasteiger charge is 2.23. The summed E-state index contributed by atoms with van der Waals surface area (Å²) in [6, 6.07) is 18.4. The molecule has 1 heterocycles. The smallest absolute Gasteiger partial charge is 0.170 e. The highest BCUT2D eigenvalue weighted by atomic mass is 32.1. The number of hydrogen-bond acceptors (Lipinski definition) is 3. The van der Waals surface area contributed by atoms with Gasteiger partial charge >= 0.3 is 0 Å². The standard InChI is InChI=1S/C21H27N3O2S/c1-2-25-19-10-8-18(9-11-19)23-21(27)22-14-20-16-24(12-13-26-20)15-17-6-4-3-5-7-17/h3-11,20H,2,12-16H2,1H3,(H2,22,23,27)/p+1/t20-/m0/s1. The Morgan fingerprint density at radius 1 is 1.19 bits per heavy atom. The largest absolute Gasteiger partial charge is 0.494 e. The fraction of sp³-hybridized carbons (Fsp3) is 0.381. The van der Waals surface area contributed by atoms with Crippen LogP contribution in [0.3, 0.4) is 0 Å². The minimum atomic E-state index is 0.164. The molecule has 0 saturated carbocycles. The average molecular weight is 387 g/mol. The van der Waals surface area contributed by atoms with E-state index in [0.29, 0.717) is 18.3 Å². The normalized spacial score (nSPS) is 19.3. The van der Waals surface area contributed by atoms with E-state index >= 15 is 0 Å². The Morgan fingerprint density at radius 3 is 2.70 bits per heavy atom. The zero-order chi connectivity index (χ0) is 18.9. The van der Waals surface area contributed by atoms with Crippen LogP contribution in [0.5, 0.6) is 5.75 Å². The van der Waals surface area contributed by atoms with Crippen molar-refractivity contribution in [1.29, 1.82) is 0 Å². The summed E-state index contributed by atoms with van der Waals surface area (Å²) in [5.41, 5.74) is 2.31. The lowest BCUT2D eigenvalue weighted by Gasteiger charge is -2.30. The minimum absolute atomic E-state index is 0.164. The molecule has 5 nitrogen and oxygen atoms in total. The van der Waals surface area contributed by atoms with Crippen molar-refractivity contribution in [3.05, 3.63) is 60.2 Å². The maximum Gasteiger partial charge on any atom is 0.170 e. The number of ether oxygens (including phenoxy) is 2. The summed E-state index contributed by atoms with van der Waals surface area (Å²) in [5.74, 6) is 0.860. The monoisotopic (exact) mass is 386 g/mol. The van der Waals surface area contributed by atoms with Crippen LogP contribution in [0.4, 0.5) is 5.69 Å². The first-order valence-corrected chi connectivity index (χ1v) is 9.90. The van der Waals surface area contributed by atoms with Gasteiger partial charge in [-0.3, -0.25) is 0 Å². The average Bonchev–Trinajstić information content (AvgIpc) is 2.69. The van der Waals surface area contributed by atoms with Crippen molar-refractivity contribution in [3.8, 4) is 5.75 Å². The maximum absolute atomic E-state index is 5.90. The van der Waals surface area contributed by atoms with Crippen LogP contribution in [0.25, 0.3) is 0 Å². The molecule has 0 amide bonds. The van der Waals surface area contributed by atoms with Gasteiger partial charge in [-0.25, -0.2) is 0 Å². The van der Waals surface area contributed by atoms with Gasteiger partial charge in [0.1, 0.15) is 31.5 Å². The lowest BCUT2D eigenvalue weighted by molar-refractivity contribution is -0.925. The molecule has 1 saturated heterocycles. The molecule has 3 N–H and O–H groups in total. The molecular weight excluding hydrogens is 358 g/mol. The fourth-order valence-electron chi connectivity index (χ4n) is 3.21. The van der Waals surface area contributed by atoms with Gasteiger partial charge in [-0.05, 0) is 43.4 Å². The van der Waals surface area contributed by atoms with Gasteiger partial charge in [-0.15, -0.1) is 0 Å². The second kappa shape index (κ2) is 10.3. The lowest BCUT2D eigenvalue weighted by atomic mass is 10.2. The number of quaternary nitrogens is 1. The fourth-order valence-corrected chi connectivity index (χ4v) is 3.41. The second-order valence-corrected chi connectivity index (χ2v) is 7.06. The molecule has 27 heavy (non-hydrogen) atoms. The second-order valence-electron chi connectivity index (χ2n) is 6.65. The first-order valence-electron chi connectivity index (χ1n) is 9.49. The molecule has 1 aliphatic rings. The number of rotatable bonds is 7. The zero-order valence-electron chi connectivity index (χ0n) is 15.7. The molecule has 0 bridgehead atoms. The van der Waals surface area contributed by atoms with Gasteiger partial charge < -0.3 is 25.0 Å². The quantitative estimate of drug-likeness (QED) is 0.634. The van der Waals surface area contributed by atoms with Gasteiger partial charge in [-0.2, -0.15) is 0 Å². The predicted octanol–water partition coefficient (Wildman–Crippen LogP) is 1.86. The van der Waals surface area contributed by atoms with E-state index in [0.717, 1.165) is 37.7 Å². The summed E-state index contributed by atoms with van der Waals surface area (Å²) in [6.45, 7) is 7.19. The van der Waals surface area contributed by atoms with Crippen LogP contribution in [-0.2, 0) is 11.3 Å². The van der Waals surface area contributed by atoms with Crippen LogP contribution in [0.15, 0.2) is 54.6 Å². The Hall–Kier alpha value is -2.15. The van der Waals surface area contributed by atoms with Gasteiger partial charge in [0.05, 0.1) is 13.2 Å². The predicted molar refractivity (Wildman–Crippen MR) is 112 cm³/mol. The van der Waals surface area contributed by atoms with Gasteiger partial charge in [0, 0.05) is 17.8 Å². The summed E-state index contributed by atoms with van der Waals surface area (Å²) in [5, 5.41) is 7.09. The van der Waals surface area contributed by atoms with Crippen LogP contribution < -0.4 is 20.3 Å². The van der Waals surface area contributed by atoms with E-state index in [9.17, 15) is 0 Å². The Bertz CT molecular complexity index is 709. The van der Waals surface area contributed by atoms with Crippen LogP contribution in [0, 0.1) is 0 Å². The number of anilines is 1. The first-order chi connectivity index (χ1) is 13.2. The van der Waals surface area contributed by atoms with E-state index in [2.05, 4.69) is 41.0 Å². The maximum atomic E-state index is 5.90. The molecule has 3 rings (SSSR count). The van der Waals surface area contributed by atoms with Crippen molar-refractivity contribution in [1.82, 2.24) is 5.32 Å². The van der Waals surface area contributed by atoms with E-state index in [-0.39, 0.29) is 6.10 Å². The van der Waals surface area contributed by atoms with Crippen molar-refractivity contribution >= 4 is 23.0 Å². The van der Waals surface area contributed by atoms with Crippen LogP contribution in [0.1, 0.15) is 12.5 Å². The zero-order valence-corrected chi connectivity index (χ0v) is 16.6. The molecule has 0 spiro atoms. The highest BCUT2D eigenvalue weighted by Crippen LogP contribution is 2.15. The van der Waals surface area contributed by atoms with E-state index in [1.165, 1.54) is 5.56 Å². The summed E-state index contributed by atoms with van der Waals surface area (Å²) >= 11 is 5.41. The van der Waals surface area contributed by atoms with E-state index in [1.807, 2.05) is 31.2 Å². The summed E-state index contributed by atoms with van der Waals surface area (Å²) in [6.07, 6.45) is 0.164. The van der Waals surface area contributed by atoms with Crippen LogP contribution in [0.2, 0.25) is 0 Å². The molecular formula is C21H28N3O2S+. The topological polar surface area (TPSA) is 47.0 Å². The summed E-state index contributed by atoms with van der Waals surface area (Å²) < 4.78 is 11.4. The Morgan fingerprint density at radius 2 is 1.96 bits per heavy atom. The van der Waals surface area contributed by atoms with Crippen LogP contribution >= 0.6 is 12.2 Å².